The summed E-state index contributed by atoms with van der Waals surface area (Å²) < 4.78 is 64.0. The van der Waals surface area contributed by atoms with Gasteiger partial charge in [0.25, 0.3) is 10.0 Å². The van der Waals surface area contributed by atoms with E-state index < -0.39 is 40.0 Å². The van der Waals surface area contributed by atoms with Crippen LogP contribution in [0.5, 0.6) is 0 Å². The molecule has 0 amide bonds. The number of carboxylic acids is 1. The van der Waals surface area contributed by atoms with E-state index in [9.17, 15) is 31.5 Å². The van der Waals surface area contributed by atoms with Crippen molar-refractivity contribution in [1.29, 1.82) is 0 Å². The Kier molecular flexibility index (Phi) is 4.83. The number of aliphatic carboxylic acids is 1. The van der Waals surface area contributed by atoms with Gasteiger partial charge in [0.15, 0.2) is 0 Å². The van der Waals surface area contributed by atoms with Gasteiger partial charge in [-0.3, -0.25) is 4.31 Å². The van der Waals surface area contributed by atoms with E-state index in [2.05, 4.69) is 0 Å². The first-order valence-electron chi connectivity index (χ1n) is 6.57. The lowest BCUT2D eigenvalue weighted by molar-refractivity contribution is -0.303. The van der Waals surface area contributed by atoms with E-state index in [0.717, 1.165) is 18.2 Å². The lowest BCUT2D eigenvalue weighted by atomic mass is 10.2. The van der Waals surface area contributed by atoms with E-state index in [1.54, 1.807) is 6.07 Å². The molecule has 2 rings (SSSR count). The zero-order valence-corrected chi connectivity index (χ0v) is 12.8. The summed E-state index contributed by atoms with van der Waals surface area (Å²) in [5.41, 5.74) is -1.51. The molecular formula is C15H11F3NO4S-. The third kappa shape index (κ3) is 3.85. The molecule has 0 radical (unpaired) electrons. The first kappa shape index (κ1) is 17.8. The topological polar surface area (TPSA) is 77.5 Å². The van der Waals surface area contributed by atoms with Crippen LogP contribution in [0.1, 0.15) is 5.56 Å². The fourth-order valence-corrected chi connectivity index (χ4v) is 3.41. The molecule has 24 heavy (non-hydrogen) atoms. The van der Waals surface area contributed by atoms with Gasteiger partial charge in [0, 0.05) is 0 Å². The Morgan fingerprint density at radius 3 is 2.21 bits per heavy atom. The first-order valence-corrected chi connectivity index (χ1v) is 8.01. The van der Waals surface area contributed by atoms with Crippen LogP contribution >= 0.6 is 0 Å². The Balaban J connectivity index is 2.57. The molecule has 0 atom stereocenters. The number of alkyl halides is 3. The lowest BCUT2D eigenvalue weighted by Crippen LogP contribution is -2.41. The number of halogens is 3. The second kappa shape index (κ2) is 6.52. The summed E-state index contributed by atoms with van der Waals surface area (Å²) in [6.45, 7) is -1.11. The molecule has 128 valence electrons. The van der Waals surface area contributed by atoms with Crippen LogP contribution in [0.15, 0.2) is 59.5 Å². The van der Waals surface area contributed by atoms with Crippen LogP contribution in [0.3, 0.4) is 0 Å². The fourth-order valence-electron chi connectivity index (χ4n) is 1.99. The van der Waals surface area contributed by atoms with Gasteiger partial charge in [0.05, 0.1) is 28.7 Å². The standard InChI is InChI=1S/C15H12F3NO4S/c16-15(17,18)11-5-4-6-12(9-11)19(10-14(20)21)24(22,23)13-7-2-1-3-8-13/h1-9H,10H2,(H,20,21)/p-1. The molecule has 0 aliphatic heterocycles. The monoisotopic (exact) mass is 358 g/mol. The van der Waals surface area contributed by atoms with Crippen molar-refractivity contribution in [2.75, 3.05) is 10.8 Å². The van der Waals surface area contributed by atoms with Gasteiger partial charge in [-0.2, -0.15) is 13.2 Å². The van der Waals surface area contributed by atoms with E-state index in [4.69, 9.17) is 0 Å². The van der Waals surface area contributed by atoms with Crippen LogP contribution in [0.25, 0.3) is 0 Å². The summed E-state index contributed by atoms with van der Waals surface area (Å²) in [5, 5.41) is 10.9. The van der Waals surface area contributed by atoms with E-state index >= 15 is 0 Å². The summed E-state index contributed by atoms with van der Waals surface area (Å²) in [7, 11) is -4.37. The quantitative estimate of drug-likeness (QED) is 0.814. The highest BCUT2D eigenvalue weighted by Gasteiger charge is 2.32. The maximum Gasteiger partial charge on any atom is 0.416 e. The summed E-state index contributed by atoms with van der Waals surface area (Å²) in [6, 6.07) is 10.2. The van der Waals surface area contributed by atoms with Crippen molar-refractivity contribution in [3.05, 3.63) is 60.2 Å². The van der Waals surface area contributed by atoms with Gasteiger partial charge in [0.1, 0.15) is 0 Å². The second-order valence-electron chi connectivity index (χ2n) is 4.74. The van der Waals surface area contributed by atoms with Gasteiger partial charge < -0.3 is 9.90 Å². The Bertz CT molecular complexity index is 835. The predicted molar refractivity (Wildman–Crippen MR) is 77.4 cm³/mol. The molecule has 0 fully saturated rings. The number of sulfonamides is 1. The molecule has 0 aliphatic rings. The Morgan fingerprint density at radius 2 is 1.67 bits per heavy atom. The smallest absolute Gasteiger partial charge is 0.416 e. The first-order chi connectivity index (χ1) is 11.1. The number of carbonyl (C=O) groups excluding carboxylic acids is 1. The Morgan fingerprint density at radius 1 is 1.04 bits per heavy atom. The average molecular weight is 358 g/mol. The minimum Gasteiger partial charge on any atom is -0.548 e. The molecule has 0 bridgehead atoms. The molecule has 0 aliphatic carbocycles. The number of anilines is 1. The van der Waals surface area contributed by atoms with Crippen molar-refractivity contribution in [1.82, 2.24) is 0 Å². The van der Waals surface area contributed by atoms with Crippen LogP contribution in [-0.2, 0) is 21.0 Å². The number of carbonyl (C=O) groups is 1. The van der Waals surface area contributed by atoms with E-state index in [-0.39, 0.29) is 4.90 Å². The number of rotatable bonds is 5. The third-order valence-corrected chi connectivity index (χ3v) is 4.85. The Labute approximate surface area is 136 Å². The molecule has 2 aromatic rings. The SMILES string of the molecule is O=C([O-])CN(c1cccc(C(F)(F)F)c1)S(=O)(=O)c1ccccc1. The second-order valence-corrected chi connectivity index (χ2v) is 6.61. The molecule has 0 saturated carbocycles. The van der Waals surface area contributed by atoms with E-state index in [1.807, 2.05) is 0 Å². The van der Waals surface area contributed by atoms with Gasteiger partial charge in [0.2, 0.25) is 0 Å². The van der Waals surface area contributed by atoms with Crippen LogP contribution in [0.2, 0.25) is 0 Å². The maximum atomic E-state index is 12.8. The highest BCUT2D eigenvalue weighted by atomic mass is 32.2. The summed E-state index contributed by atoms with van der Waals surface area (Å²) in [5.74, 6) is -1.74. The summed E-state index contributed by atoms with van der Waals surface area (Å²) >= 11 is 0. The largest absolute Gasteiger partial charge is 0.548 e. The molecule has 0 saturated heterocycles. The molecule has 5 nitrogen and oxygen atoms in total. The minimum atomic E-state index is -4.69. The van der Waals surface area contributed by atoms with Gasteiger partial charge in [-0.1, -0.05) is 24.3 Å². The van der Waals surface area contributed by atoms with Crippen molar-refractivity contribution in [2.24, 2.45) is 0 Å². The zero-order valence-electron chi connectivity index (χ0n) is 12.0. The van der Waals surface area contributed by atoms with Crippen LogP contribution < -0.4 is 9.41 Å². The molecular weight excluding hydrogens is 347 g/mol. The van der Waals surface area contributed by atoms with Gasteiger partial charge in [-0.15, -0.1) is 0 Å². The van der Waals surface area contributed by atoms with Gasteiger partial charge in [-0.05, 0) is 30.3 Å². The highest BCUT2D eigenvalue weighted by Crippen LogP contribution is 2.33. The molecule has 2 aromatic carbocycles. The highest BCUT2D eigenvalue weighted by molar-refractivity contribution is 7.92. The maximum absolute atomic E-state index is 12.8. The van der Waals surface area contributed by atoms with Gasteiger partial charge in [-0.25, -0.2) is 8.42 Å². The number of benzene rings is 2. The van der Waals surface area contributed by atoms with Crippen molar-refractivity contribution in [3.63, 3.8) is 0 Å². The van der Waals surface area contributed by atoms with Crippen molar-refractivity contribution in [3.8, 4) is 0 Å². The number of hydrogen-bond acceptors (Lipinski definition) is 4. The lowest BCUT2D eigenvalue weighted by Gasteiger charge is -2.25. The number of carboxylic acid groups (broad SMARTS) is 1. The zero-order chi connectivity index (χ0) is 18.0. The molecule has 0 N–H and O–H groups in total. The van der Waals surface area contributed by atoms with Crippen molar-refractivity contribution < 1.29 is 31.5 Å². The summed E-state index contributed by atoms with van der Waals surface area (Å²) in [6.07, 6.45) is -4.69. The average Bonchev–Trinajstić information content (AvgIpc) is 2.52. The Hall–Kier alpha value is -2.55. The molecule has 9 heteroatoms. The van der Waals surface area contributed by atoms with Gasteiger partial charge >= 0.3 is 6.18 Å². The third-order valence-electron chi connectivity index (χ3n) is 3.07. The molecule has 0 heterocycles. The van der Waals surface area contributed by atoms with E-state index in [1.165, 1.54) is 24.3 Å². The van der Waals surface area contributed by atoms with Crippen LogP contribution in [0, 0.1) is 0 Å². The fraction of sp³-hybridized carbons (Fsp3) is 0.133. The summed E-state index contributed by atoms with van der Waals surface area (Å²) in [4.78, 5) is 10.7. The van der Waals surface area contributed by atoms with Crippen LogP contribution in [-0.4, -0.2) is 20.9 Å². The van der Waals surface area contributed by atoms with Crippen molar-refractivity contribution >= 4 is 21.7 Å². The number of hydrogen-bond donors (Lipinski definition) is 0. The van der Waals surface area contributed by atoms with Crippen molar-refractivity contribution in [2.45, 2.75) is 11.1 Å². The van der Waals surface area contributed by atoms with Crippen LogP contribution in [0.4, 0.5) is 18.9 Å². The number of nitrogens with zero attached hydrogens (tertiary/aromatic N) is 1. The molecule has 0 spiro atoms. The van der Waals surface area contributed by atoms with E-state index in [0.29, 0.717) is 10.4 Å². The minimum absolute atomic E-state index is 0.247. The molecule has 0 aromatic heterocycles. The normalized spacial score (nSPS) is 12.0. The predicted octanol–water partition coefficient (Wildman–Crippen LogP) is 1.65. The molecule has 0 unspecified atom stereocenters.